The van der Waals surface area contributed by atoms with E-state index in [4.69, 9.17) is 0 Å². The van der Waals surface area contributed by atoms with E-state index in [0.717, 1.165) is 12.0 Å². The summed E-state index contributed by atoms with van der Waals surface area (Å²) < 4.78 is 0. The molecule has 1 rings (SSSR count). The molecule has 0 aromatic rings. The first-order valence-electron chi connectivity index (χ1n) is 5.21. The van der Waals surface area contributed by atoms with E-state index >= 15 is 0 Å². The number of hydrogen-bond acceptors (Lipinski definition) is 1. The molecular formula is C11H23N. The molecule has 1 aliphatic carbocycles. The molecule has 1 N–H and O–H groups in total. The second-order valence-electron chi connectivity index (χ2n) is 5.20. The van der Waals surface area contributed by atoms with Gasteiger partial charge in [-0.2, -0.15) is 0 Å². The Morgan fingerprint density at radius 1 is 1.00 bits per heavy atom. The van der Waals surface area contributed by atoms with E-state index in [0.29, 0.717) is 5.41 Å². The smallest absolute Gasteiger partial charge is 0.00642 e. The van der Waals surface area contributed by atoms with Crippen LogP contribution in [0.3, 0.4) is 0 Å². The molecular weight excluding hydrogens is 146 g/mol. The SMILES string of the molecule is CN[C@H]1CC[C@H](C(C)(C)C)CC1. The fourth-order valence-electron chi connectivity index (χ4n) is 2.25. The largest absolute Gasteiger partial charge is 0.317 e. The third-order valence-electron chi connectivity index (χ3n) is 3.36. The van der Waals surface area contributed by atoms with E-state index in [1.165, 1.54) is 25.7 Å². The lowest BCUT2D eigenvalue weighted by molar-refractivity contribution is 0.162. The lowest BCUT2D eigenvalue weighted by Gasteiger charge is -2.36. The van der Waals surface area contributed by atoms with Crippen molar-refractivity contribution in [3.63, 3.8) is 0 Å². The van der Waals surface area contributed by atoms with Gasteiger partial charge in [0.25, 0.3) is 0 Å². The number of nitrogens with one attached hydrogen (secondary N) is 1. The quantitative estimate of drug-likeness (QED) is 0.636. The highest BCUT2D eigenvalue weighted by molar-refractivity contribution is 4.82. The average molecular weight is 169 g/mol. The zero-order valence-corrected chi connectivity index (χ0v) is 8.98. The summed E-state index contributed by atoms with van der Waals surface area (Å²) in [6.07, 6.45) is 5.57. The maximum atomic E-state index is 3.38. The van der Waals surface area contributed by atoms with Crippen molar-refractivity contribution in [2.45, 2.75) is 52.5 Å². The van der Waals surface area contributed by atoms with Crippen molar-refractivity contribution in [2.24, 2.45) is 11.3 Å². The van der Waals surface area contributed by atoms with E-state index in [1.807, 2.05) is 0 Å². The molecule has 0 aromatic heterocycles. The standard InChI is InChI=1S/C11H23N/c1-11(2,3)9-5-7-10(12-4)8-6-9/h9-10,12H,5-8H2,1-4H3/t9-,10-. The van der Waals surface area contributed by atoms with Crippen molar-refractivity contribution < 1.29 is 0 Å². The van der Waals surface area contributed by atoms with Gasteiger partial charge in [0.1, 0.15) is 0 Å². The average Bonchev–Trinajstić information content (AvgIpc) is 2.03. The van der Waals surface area contributed by atoms with Crippen molar-refractivity contribution >= 4 is 0 Å². The molecule has 0 heterocycles. The Balaban J connectivity index is 2.36. The van der Waals surface area contributed by atoms with E-state index in [1.54, 1.807) is 0 Å². The molecule has 0 unspecified atom stereocenters. The summed E-state index contributed by atoms with van der Waals surface area (Å²) in [4.78, 5) is 0. The van der Waals surface area contributed by atoms with Crippen molar-refractivity contribution in [1.82, 2.24) is 5.32 Å². The first kappa shape index (κ1) is 10.0. The number of hydrogen-bond donors (Lipinski definition) is 1. The molecule has 1 fully saturated rings. The fraction of sp³-hybridized carbons (Fsp3) is 1.00. The minimum atomic E-state index is 0.526. The van der Waals surface area contributed by atoms with Crippen LogP contribution in [0, 0.1) is 11.3 Å². The topological polar surface area (TPSA) is 12.0 Å². The highest BCUT2D eigenvalue weighted by Crippen LogP contribution is 2.37. The second kappa shape index (κ2) is 3.78. The normalized spacial score (nSPS) is 32.0. The molecule has 1 nitrogen and oxygen atoms in total. The molecule has 0 bridgehead atoms. The van der Waals surface area contributed by atoms with Gasteiger partial charge in [-0.05, 0) is 44.1 Å². The fourth-order valence-corrected chi connectivity index (χ4v) is 2.25. The van der Waals surface area contributed by atoms with E-state index in [2.05, 4.69) is 33.1 Å². The van der Waals surface area contributed by atoms with Gasteiger partial charge in [-0.15, -0.1) is 0 Å². The Bertz CT molecular complexity index is 126. The summed E-state index contributed by atoms with van der Waals surface area (Å²) in [5.41, 5.74) is 0.526. The van der Waals surface area contributed by atoms with Gasteiger partial charge < -0.3 is 5.32 Å². The molecule has 0 aromatic carbocycles. The maximum absolute atomic E-state index is 3.38. The summed E-state index contributed by atoms with van der Waals surface area (Å²) in [7, 11) is 2.09. The van der Waals surface area contributed by atoms with Crippen molar-refractivity contribution in [1.29, 1.82) is 0 Å². The Morgan fingerprint density at radius 2 is 1.50 bits per heavy atom. The van der Waals surface area contributed by atoms with Crippen LogP contribution >= 0.6 is 0 Å². The molecule has 1 heteroatoms. The summed E-state index contributed by atoms with van der Waals surface area (Å²) in [6, 6.07) is 0.795. The zero-order valence-electron chi connectivity index (χ0n) is 8.98. The van der Waals surface area contributed by atoms with E-state index < -0.39 is 0 Å². The zero-order chi connectivity index (χ0) is 9.19. The highest BCUT2D eigenvalue weighted by atomic mass is 14.9. The summed E-state index contributed by atoms with van der Waals surface area (Å²) in [6.45, 7) is 7.12. The van der Waals surface area contributed by atoms with Crippen LogP contribution in [0.2, 0.25) is 0 Å². The Kier molecular flexibility index (Phi) is 3.16. The molecule has 12 heavy (non-hydrogen) atoms. The van der Waals surface area contributed by atoms with Crippen LogP contribution in [0.25, 0.3) is 0 Å². The van der Waals surface area contributed by atoms with Crippen molar-refractivity contribution in [3.05, 3.63) is 0 Å². The molecule has 1 aliphatic rings. The van der Waals surface area contributed by atoms with Gasteiger partial charge in [-0.3, -0.25) is 0 Å². The molecule has 1 saturated carbocycles. The Morgan fingerprint density at radius 3 is 1.83 bits per heavy atom. The van der Waals surface area contributed by atoms with Crippen LogP contribution in [-0.2, 0) is 0 Å². The molecule has 0 atom stereocenters. The van der Waals surface area contributed by atoms with E-state index in [-0.39, 0.29) is 0 Å². The second-order valence-corrected chi connectivity index (χ2v) is 5.20. The third kappa shape index (κ3) is 2.48. The van der Waals surface area contributed by atoms with Crippen LogP contribution < -0.4 is 5.32 Å². The first-order valence-corrected chi connectivity index (χ1v) is 5.21. The summed E-state index contributed by atoms with van der Waals surface area (Å²) in [5, 5.41) is 3.38. The van der Waals surface area contributed by atoms with Gasteiger partial charge in [0, 0.05) is 6.04 Å². The molecule has 0 radical (unpaired) electrons. The lowest BCUT2D eigenvalue weighted by Crippen LogP contribution is -2.34. The van der Waals surface area contributed by atoms with Crippen LogP contribution in [-0.4, -0.2) is 13.1 Å². The number of rotatable bonds is 1. The van der Waals surface area contributed by atoms with Crippen LogP contribution in [0.4, 0.5) is 0 Å². The Labute approximate surface area is 76.9 Å². The van der Waals surface area contributed by atoms with Gasteiger partial charge in [0.2, 0.25) is 0 Å². The first-order chi connectivity index (χ1) is 5.54. The van der Waals surface area contributed by atoms with Crippen molar-refractivity contribution in [2.75, 3.05) is 7.05 Å². The van der Waals surface area contributed by atoms with Crippen LogP contribution in [0.15, 0.2) is 0 Å². The molecule has 0 saturated heterocycles. The van der Waals surface area contributed by atoms with Crippen LogP contribution in [0.5, 0.6) is 0 Å². The van der Waals surface area contributed by atoms with Crippen molar-refractivity contribution in [3.8, 4) is 0 Å². The predicted molar refractivity (Wildman–Crippen MR) is 54.3 cm³/mol. The van der Waals surface area contributed by atoms with Gasteiger partial charge in [0.05, 0.1) is 0 Å². The molecule has 0 amide bonds. The predicted octanol–water partition coefficient (Wildman–Crippen LogP) is 2.81. The minimum Gasteiger partial charge on any atom is -0.317 e. The maximum Gasteiger partial charge on any atom is 0.00642 e. The molecule has 0 aliphatic heterocycles. The highest BCUT2D eigenvalue weighted by Gasteiger charge is 2.28. The lowest BCUT2D eigenvalue weighted by atomic mass is 9.71. The minimum absolute atomic E-state index is 0.526. The van der Waals surface area contributed by atoms with Gasteiger partial charge in [-0.1, -0.05) is 20.8 Å². The summed E-state index contributed by atoms with van der Waals surface area (Å²) >= 11 is 0. The summed E-state index contributed by atoms with van der Waals surface area (Å²) in [5.74, 6) is 0.946. The van der Waals surface area contributed by atoms with Gasteiger partial charge in [0.15, 0.2) is 0 Å². The van der Waals surface area contributed by atoms with Gasteiger partial charge >= 0.3 is 0 Å². The third-order valence-corrected chi connectivity index (χ3v) is 3.36. The molecule has 0 spiro atoms. The van der Waals surface area contributed by atoms with Crippen LogP contribution in [0.1, 0.15) is 46.5 Å². The van der Waals surface area contributed by atoms with Gasteiger partial charge in [-0.25, -0.2) is 0 Å². The van der Waals surface area contributed by atoms with E-state index in [9.17, 15) is 0 Å². The Hall–Kier alpha value is -0.0400. The monoisotopic (exact) mass is 169 g/mol. The molecule has 72 valence electrons.